The van der Waals surface area contributed by atoms with Gasteiger partial charge in [-0.15, -0.1) is 0 Å². The SMILES string of the molecule is CCNC(=S)N/N=C/c1ccccc1OCCOc1ccc(C(C)(C)C)cc1. The Bertz CT molecular complexity index is 783. The van der Waals surface area contributed by atoms with Crippen molar-refractivity contribution in [2.45, 2.75) is 33.1 Å². The van der Waals surface area contributed by atoms with Crippen LogP contribution in [0.4, 0.5) is 0 Å². The van der Waals surface area contributed by atoms with Crippen LogP contribution in [0.15, 0.2) is 53.6 Å². The van der Waals surface area contributed by atoms with Crippen molar-refractivity contribution < 1.29 is 9.47 Å². The normalized spacial score (nSPS) is 11.3. The van der Waals surface area contributed by atoms with Gasteiger partial charge in [-0.05, 0) is 54.4 Å². The number of nitrogens with zero attached hydrogens (tertiary/aromatic N) is 1. The minimum absolute atomic E-state index is 0.137. The predicted octanol–water partition coefficient (Wildman–Crippen LogP) is 4.26. The lowest BCUT2D eigenvalue weighted by Crippen LogP contribution is -2.31. The van der Waals surface area contributed by atoms with Gasteiger partial charge in [-0.25, -0.2) is 0 Å². The molecule has 0 atom stereocenters. The minimum atomic E-state index is 0.137. The van der Waals surface area contributed by atoms with Crippen LogP contribution >= 0.6 is 12.2 Å². The fourth-order valence-corrected chi connectivity index (χ4v) is 2.64. The largest absolute Gasteiger partial charge is 0.490 e. The highest BCUT2D eigenvalue weighted by Gasteiger charge is 2.12. The Labute approximate surface area is 173 Å². The summed E-state index contributed by atoms with van der Waals surface area (Å²) in [5.74, 6) is 1.58. The lowest BCUT2D eigenvalue weighted by molar-refractivity contribution is 0.217. The summed E-state index contributed by atoms with van der Waals surface area (Å²) < 4.78 is 11.6. The molecular weight excluding hydrogens is 370 g/mol. The average molecular weight is 400 g/mol. The standard InChI is InChI=1S/C22H29N3O2S/c1-5-23-21(28)25-24-16-17-8-6-7-9-20(17)27-15-14-26-19-12-10-18(11-13-19)22(2,3)4/h6-13,16H,5,14-15H2,1-4H3,(H2,23,25,28)/b24-16+. The van der Waals surface area contributed by atoms with E-state index in [4.69, 9.17) is 21.7 Å². The summed E-state index contributed by atoms with van der Waals surface area (Å²) in [5, 5.41) is 7.60. The molecule has 0 spiro atoms. The number of thiocarbonyl (C=S) groups is 1. The molecule has 0 saturated carbocycles. The number of ether oxygens (including phenoxy) is 2. The monoisotopic (exact) mass is 399 g/mol. The first-order valence-electron chi connectivity index (χ1n) is 9.42. The molecule has 0 aliphatic carbocycles. The highest BCUT2D eigenvalue weighted by Crippen LogP contribution is 2.24. The molecule has 2 aromatic carbocycles. The molecule has 0 unspecified atom stereocenters. The highest BCUT2D eigenvalue weighted by atomic mass is 32.1. The van der Waals surface area contributed by atoms with Gasteiger partial charge in [0.15, 0.2) is 5.11 Å². The van der Waals surface area contributed by atoms with Crippen LogP contribution in [0.1, 0.15) is 38.8 Å². The van der Waals surface area contributed by atoms with Crippen molar-refractivity contribution in [2.24, 2.45) is 5.10 Å². The number of benzene rings is 2. The zero-order chi connectivity index (χ0) is 20.4. The van der Waals surface area contributed by atoms with E-state index in [9.17, 15) is 0 Å². The number of hydrazone groups is 1. The van der Waals surface area contributed by atoms with Crippen molar-refractivity contribution in [2.75, 3.05) is 19.8 Å². The van der Waals surface area contributed by atoms with Gasteiger partial charge in [0.25, 0.3) is 0 Å². The topological polar surface area (TPSA) is 54.9 Å². The van der Waals surface area contributed by atoms with E-state index in [0.29, 0.717) is 18.3 Å². The van der Waals surface area contributed by atoms with Crippen molar-refractivity contribution in [3.63, 3.8) is 0 Å². The van der Waals surface area contributed by atoms with Gasteiger partial charge in [0, 0.05) is 12.1 Å². The van der Waals surface area contributed by atoms with Crippen molar-refractivity contribution in [1.82, 2.24) is 10.7 Å². The van der Waals surface area contributed by atoms with Gasteiger partial charge in [0.1, 0.15) is 24.7 Å². The number of nitrogens with one attached hydrogen (secondary N) is 2. The Morgan fingerprint density at radius 3 is 2.39 bits per heavy atom. The number of rotatable bonds is 8. The van der Waals surface area contributed by atoms with Gasteiger partial charge in [0.2, 0.25) is 0 Å². The molecule has 150 valence electrons. The first-order valence-corrected chi connectivity index (χ1v) is 9.83. The zero-order valence-electron chi connectivity index (χ0n) is 17.0. The third-order valence-electron chi connectivity index (χ3n) is 3.96. The fraction of sp³-hybridized carbons (Fsp3) is 0.364. The summed E-state index contributed by atoms with van der Waals surface area (Å²) >= 11 is 5.08. The lowest BCUT2D eigenvalue weighted by Gasteiger charge is -2.19. The van der Waals surface area contributed by atoms with Gasteiger partial charge >= 0.3 is 0 Å². The van der Waals surface area contributed by atoms with E-state index in [1.807, 2.05) is 43.3 Å². The molecule has 6 heteroatoms. The molecule has 0 saturated heterocycles. The molecule has 0 aromatic heterocycles. The van der Waals surface area contributed by atoms with Gasteiger partial charge in [-0.2, -0.15) is 5.10 Å². The maximum absolute atomic E-state index is 5.85. The molecule has 28 heavy (non-hydrogen) atoms. The van der Waals surface area contributed by atoms with Gasteiger partial charge in [-0.1, -0.05) is 45.0 Å². The van der Waals surface area contributed by atoms with Crippen LogP contribution in [0.5, 0.6) is 11.5 Å². The Kier molecular flexibility index (Phi) is 8.26. The third-order valence-corrected chi connectivity index (χ3v) is 4.19. The summed E-state index contributed by atoms with van der Waals surface area (Å²) in [5.41, 5.74) is 5.06. The highest BCUT2D eigenvalue weighted by molar-refractivity contribution is 7.80. The summed E-state index contributed by atoms with van der Waals surface area (Å²) in [6.07, 6.45) is 1.69. The second kappa shape index (κ2) is 10.7. The first kappa shape index (κ1) is 21.7. The predicted molar refractivity (Wildman–Crippen MR) is 120 cm³/mol. The van der Waals surface area contributed by atoms with E-state index in [-0.39, 0.29) is 5.41 Å². The van der Waals surface area contributed by atoms with E-state index >= 15 is 0 Å². The molecular formula is C22H29N3O2S. The molecule has 5 nitrogen and oxygen atoms in total. The zero-order valence-corrected chi connectivity index (χ0v) is 17.8. The van der Waals surface area contributed by atoms with Crippen molar-refractivity contribution in [3.8, 4) is 11.5 Å². The smallest absolute Gasteiger partial charge is 0.186 e. The lowest BCUT2D eigenvalue weighted by atomic mass is 9.87. The van der Waals surface area contributed by atoms with Crippen LogP contribution in [0.3, 0.4) is 0 Å². The minimum Gasteiger partial charge on any atom is -0.490 e. The Balaban J connectivity index is 1.83. The molecule has 2 rings (SSSR count). The van der Waals surface area contributed by atoms with Crippen LogP contribution in [0.25, 0.3) is 0 Å². The molecule has 0 aliphatic heterocycles. The summed E-state index contributed by atoms with van der Waals surface area (Å²) in [4.78, 5) is 0. The van der Waals surface area contributed by atoms with Crippen LogP contribution < -0.4 is 20.2 Å². The summed E-state index contributed by atoms with van der Waals surface area (Å²) in [7, 11) is 0. The summed E-state index contributed by atoms with van der Waals surface area (Å²) in [6.45, 7) is 10.2. The molecule has 0 fully saturated rings. The first-order chi connectivity index (χ1) is 13.4. The van der Waals surface area contributed by atoms with Crippen LogP contribution in [0.2, 0.25) is 0 Å². The van der Waals surface area contributed by atoms with Gasteiger partial charge in [0.05, 0.1) is 6.21 Å². The van der Waals surface area contributed by atoms with Crippen molar-refractivity contribution in [1.29, 1.82) is 0 Å². The van der Waals surface area contributed by atoms with E-state index in [1.54, 1.807) is 6.21 Å². The number of hydrogen-bond acceptors (Lipinski definition) is 4. The van der Waals surface area contributed by atoms with Gasteiger partial charge < -0.3 is 14.8 Å². The Hall–Kier alpha value is -2.60. The molecule has 0 heterocycles. The Morgan fingerprint density at radius 1 is 1.04 bits per heavy atom. The maximum Gasteiger partial charge on any atom is 0.186 e. The van der Waals surface area contributed by atoms with E-state index in [1.165, 1.54) is 5.56 Å². The third kappa shape index (κ3) is 7.19. The molecule has 0 bridgehead atoms. The van der Waals surface area contributed by atoms with Crippen LogP contribution in [0, 0.1) is 0 Å². The fourth-order valence-electron chi connectivity index (χ4n) is 2.44. The average Bonchev–Trinajstić information content (AvgIpc) is 2.66. The second-order valence-corrected chi connectivity index (χ2v) is 7.65. The van der Waals surface area contributed by atoms with E-state index in [0.717, 1.165) is 23.6 Å². The van der Waals surface area contributed by atoms with Crippen LogP contribution in [-0.2, 0) is 5.41 Å². The molecule has 0 aliphatic rings. The molecule has 0 amide bonds. The molecule has 0 radical (unpaired) electrons. The van der Waals surface area contributed by atoms with E-state index in [2.05, 4.69) is 48.7 Å². The molecule has 2 N–H and O–H groups in total. The van der Waals surface area contributed by atoms with Crippen molar-refractivity contribution >= 4 is 23.5 Å². The van der Waals surface area contributed by atoms with Crippen molar-refractivity contribution in [3.05, 3.63) is 59.7 Å². The Morgan fingerprint density at radius 2 is 1.71 bits per heavy atom. The van der Waals surface area contributed by atoms with Gasteiger partial charge in [-0.3, -0.25) is 5.43 Å². The quantitative estimate of drug-likeness (QED) is 0.301. The second-order valence-electron chi connectivity index (χ2n) is 7.24. The molecule has 2 aromatic rings. The van der Waals surface area contributed by atoms with Crippen LogP contribution in [-0.4, -0.2) is 31.1 Å². The van der Waals surface area contributed by atoms with E-state index < -0.39 is 0 Å². The number of hydrogen-bond donors (Lipinski definition) is 2. The maximum atomic E-state index is 5.85. The number of para-hydroxylation sites is 1. The summed E-state index contributed by atoms with van der Waals surface area (Å²) in [6, 6.07) is 15.9.